The molecule has 20 heavy (non-hydrogen) atoms. The highest BCUT2D eigenvalue weighted by Gasteiger charge is 2.42. The summed E-state index contributed by atoms with van der Waals surface area (Å²) in [5.74, 6) is 1.06. The number of rotatable bonds is 2. The van der Waals surface area contributed by atoms with E-state index < -0.39 is 0 Å². The number of aliphatic imine (C=N–C) groups is 1. The minimum atomic E-state index is 0. The molecule has 1 unspecified atom stereocenters. The van der Waals surface area contributed by atoms with Gasteiger partial charge in [0.15, 0.2) is 5.96 Å². The highest BCUT2D eigenvalue weighted by atomic mass is 127. The van der Waals surface area contributed by atoms with Crippen LogP contribution in [0.25, 0.3) is 0 Å². The molecule has 0 aliphatic carbocycles. The van der Waals surface area contributed by atoms with E-state index in [9.17, 15) is 0 Å². The van der Waals surface area contributed by atoms with Gasteiger partial charge in [-0.1, -0.05) is 20.8 Å². The van der Waals surface area contributed by atoms with Gasteiger partial charge >= 0.3 is 0 Å². The normalized spacial score (nSPS) is 27.0. The van der Waals surface area contributed by atoms with E-state index in [4.69, 9.17) is 4.74 Å². The fraction of sp³-hybridized carbons (Fsp3) is 0.933. The molecule has 118 valence electrons. The van der Waals surface area contributed by atoms with Crippen LogP contribution < -0.4 is 5.32 Å². The zero-order valence-corrected chi connectivity index (χ0v) is 15.7. The fourth-order valence-electron chi connectivity index (χ4n) is 2.97. The first kappa shape index (κ1) is 18.0. The third-order valence-corrected chi connectivity index (χ3v) is 4.29. The third kappa shape index (κ3) is 4.76. The van der Waals surface area contributed by atoms with Crippen LogP contribution in [0.2, 0.25) is 0 Å². The van der Waals surface area contributed by atoms with Crippen LogP contribution in [-0.4, -0.2) is 50.8 Å². The highest BCUT2D eigenvalue weighted by molar-refractivity contribution is 14.0. The van der Waals surface area contributed by atoms with Crippen molar-refractivity contribution in [2.75, 3.05) is 39.9 Å². The lowest BCUT2D eigenvalue weighted by Crippen LogP contribution is -2.42. The predicted molar refractivity (Wildman–Crippen MR) is 94.9 cm³/mol. The zero-order chi connectivity index (χ0) is 13.9. The van der Waals surface area contributed by atoms with Crippen LogP contribution >= 0.6 is 24.0 Å². The molecular formula is C15H30IN3O. The molecule has 0 amide bonds. The molecule has 2 rings (SSSR count). The van der Waals surface area contributed by atoms with Gasteiger partial charge in [-0.15, -0.1) is 24.0 Å². The van der Waals surface area contributed by atoms with E-state index in [1.54, 1.807) is 0 Å². The molecule has 1 spiro atoms. The van der Waals surface area contributed by atoms with Crippen molar-refractivity contribution in [3.63, 3.8) is 0 Å². The van der Waals surface area contributed by atoms with Gasteiger partial charge in [0, 0.05) is 38.7 Å². The van der Waals surface area contributed by atoms with Gasteiger partial charge in [0.1, 0.15) is 0 Å². The number of likely N-dealkylation sites (tertiary alicyclic amines) is 1. The number of nitrogens with one attached hydrogen (secondary N) is 1. The van der Waals surface area contributed by atoms with Crippen LogP contribution in [0.5, 0.6) is 0 Å². The highest BCUT2D eigenvalue weighted by Crippen LogP contribution is 2.38. The first-order chi connectivity index (χ1) is 8.94. The number of hydrogen-bond donors (Lipinski definition) is 1. The van der Waals surface area contributed by atoms with Crippen molar-refractivity contribution in [3.05, 3.63) is 0 Å². The molecule has 1 N–H and O–H groups in total. The molecule has 2 fully saturated rings. The molecule has 0 bridgehead atoms. The van der Waals surface area contributed by atoms with Crippen LogP contribution in [0.4, 0.5) is 0 Å². The zero-order valence-electron chi connectivity index (χ0n) is 13.4. The number of hydrogen-bond acceptors (Lipinski definition) is 2. The second-order valence-electron chi connectivity index (χ2n) is 7.26. The number of nitrogens with zero attached hydrogens (tertiary/aromatic N) is 2. The van der Waals surface area contributed by atoms with Crippen LogP contribution in [0.1, 0.15) is 40.0 Å². The second kappa shape index (κ2) is 7.29. The molecule has 1 atom stereocenters. The standard InChI is InChI=1S/C15H29N3O.HI/c1-14(2,3)5-8-17-13(16-4)18-9-6-15(11-18)7-10-19-12-15;/h5-12H2,1-4H3,(H,16,17);1H. The topological polar surface area (TPSA) is 36.9 Å². The molecule has 0 radical (unpaired) electrons. The first-order valence-electron chi connectivity index (χ1n) is 7.48. The number of guanidine groups is 1. The Hall–Kier alpha value is -0.0400. The summed E-state index contributed by atoms with van der Waals surface area (Å²) in [6, 6.07) is 0. The van der Waals surface area contributed by atoms with Crippen LogP contribution in [0, 0.1) is 10.8 Å². The van der Waals surface area contributed by atoms with Gasteiger partial charge in [0.25, 0.3) is 0 Å². The lowest BCUT2D eigenvalue weighted by atomic mass is 9.87. The summed E-state index contributed by atoms with van der Waals surface area (Å²) in [5.41, 5.74) is 0.777. The van der Waals surface area contributed by atoms with E-state index in [0.717, 1.165) is 45.2 Å². The van der Waals surface area contributed by atoms with E-state index in [0.29, 0.717) is 10.8 Å². The molecule has 0 saturated carbocycles. The van der Waals surface area contributed by atoms with Crippen LogP contribution in [0.15, 0.2) is 4.99 Å². The molecule has 2 aliphatic heterocycles. The van der Waals surface area contributed by atoms with Gasteiger partial charge in [-0.05, 0) is 24.7 Å². The average Bonchev–Trinajstić information content (AvgIpc) is 2.95. The van der Waals surface area contributed by atoms with Gasteiger partial charge in [-0.2, -0.15) is 0 Å². The summed E-state index contributed by atoms with van der Waals surface area (Å²) in [4.78, 5) is 6.83. The molecule has 0 aromatic carbocycles. The summed E-state index contributed by atoms with van der Waals surface area (Å²) in [6.07, 6.45) is 3.61. The molecule has 5 heteroatoms. The largest absolute Gasteiger partial charge is 0.381 e. The number of ether oxygens (including phenoxy) is 1. The SMILES string of the molecule is CN=C(NCCC(C)(C)C)N1CCC2(CCOC2)C1.I. The maximum atomic E-state index is 5.58. The van der Waals surface area contributed by atoms with Crippen LogP contribution in [-0.2, 0) is 4.74 Å². The predicted octanol–water partition coefficient (Wildman–Crippen LogP) is 2.73. The van der Waals surface area contributed by atoms with Gasteiger partial charge in [-0.3, -0.25) is 4.99 Å². The second-order valence-corrected chi connectivity index (χ2v) is 7.26. The minimum absolute atomic E-state index is 0. The molecule has 2 saturated heterocycles. The molecule has 2 heterocycles. The van der Waals surface area contributed by atoms with Crippen LogP contribution in [0.3, 0.4) is 0 Å². The van der Waals surface area contributed by atoms with Crippen molar-refractivity contribution in [1.82, 2.24) is 10.2 Å². The van der Waals surface area contributed by atoms with Gasteiger partial charge in [0.2, 0.25) is 0 Å². The Morgan fingerprint density at radius 1 is 1.35 bits per heavy atom. The van der Waals surface area contributed by atoms with Gasteiger partial charge in [-0.25, -0.2) is 0 Å². The van der Waals surface area contributed by atoms with Gasteiger partial charge < -0.3 is 15.0 Å². The molecule has 2 aliphatic rings. The summed E-state index contributed by atoms with van der Waals surface area (Å²) in [7, 11) is 1.88. The molecule has 4 nitrogen and oxygen atoms in total. The Labute approximate surface area is 140 Å². The summed E-state index contributed by atoms with van der Waals surface area (Å²) >= 11 is 0. The third-order valence-electron chi connectivity index (χ3n) is 4.29. The minimum Gasteiger partial charge on any atom is -0.381 e. The Bertz CT molecular complexity index is 333. The van der Waals surface area contributed by atoms with E-state index in [2.05, 4.69) is 36.0 Å². The van der Waals surface area contributed by atoms with Crippen molar-refractivity contribution in [3.8, 4) is 0 Å². The molecule has 0 aromatic rings. The molecule has 0 aromatic heterocycles. The van der Waals surface area contributed by atoms with Gasteiger partial charge in [0.05, 0.1) is 6.61 Å². The lowest BCUT2D eigenvalue weighted by Gasteiger charge is -2.26. The van der Waals surface area contributed by atoms with Crippen molar-refractivity contribution in [1.29, 1.82) is 0 Å². The first-order valence-corrected chi connectivity index (χ1v) is 7.48. The Morgan fingerprint density at radius 2 is 2.10 bits per heavy atom. The monoisotopic (exact) mass is 395 g/mol. The number of halogens is 1. The van der Waals surface area contributed by atoms with E-state index in [1.807, 2.05) is 7.05 Å². The summed E-state index contributed by atoms with van der Waals surface area (Å²) < 4.78 is 5.58. The smallest absolute Gasteiger partial charge is 0.193 e. The van der Waals surface area contributed by atoms with Crippen molar-refractivity contribution >= 4 is 29.9 Å². The van der Waals surface area contributed by atoms with Crippen molar-refractivity contribution in [2.24, 2.45) is 15.8 Å². The van der Waals surface area contributed by atoms with Crippen molar-refractivity contribution < 1.29 is 4.74 Å². The lowest BCUT2D eigenvalue weighted by molar-refractivity contribution is 0.156. The quantitative estimate of drug-likeness (QED) is 0.444. The Morgan fingerprint density at radius 3 is 2.65 bits per heavy atom. The fourth-order valence-corrected chi connectivity index (χ4v) is 2.97. The van der Waals surface area contributed by atoms with E-state index in [1.165, 1.54) is 12.8 Å². The Kier molecular flexibility index (Phi) is 6.57. The Balaban J connectivity index is 0.00000200. The molecular weight excluding hydrogens is 365 g/mol. The van der Waals surface area contributed by atoms with Crippen molar-refractivity contribution in [2.45, 2.75) is 40.0 Å². The maximum absolute atomic E-state index is 5.58. The average molecular weight is 395 g/mol. The summed E-state index contributed by atoms with van der Waals surface area (Å²) in [6.45, 7) is 11.9. The van der Waals surface area contributed by atoms with E-state index in [-0.39, 0.29) is 24.0 Å². The maximum Gasteiger partial charge on any atom is 0.193 e. The van der Waals surface area contributed by atoms with E-state index >= 15 is 0 Å². The summed E-state index contributed by atoms with van der Waals surface area (Å²) in [5, 5.41) is 3.51.